The molecule has 1 rings (SSSR count). The van der Waals surface area contributed by atoms with E-state index in [1.165, 1.54) is 0 Å². The summed E-state index contributed by atoms with van der Waals surface area (Å²) < 4.78 is 49.5. The van der Waals surface area contributed by atoms with Gasteiger partial charge >= 0.3 is 0 Å². The highest BCUT2D eigenvalue weighted by Crippen LogP contribution is 2.23. The van der Waals surface area contributed by atoms with Crippen LogP contribution in [0.4, 0.5) is 14.5 Å². The molecule has 0 aromatic heterocycles. The molecule has 1 N–H and O–H groups in total. The first-order valence-electron chi connectivity index (χ1n) is 3.57. The van der Waals surface area contributed by atoms with Gasteiger partial charge < -0.3 is 0 Å². The van der Waals surface area contributed by atoms with Crippen LogP contribution in [0.3, 0.4) is 0 Å². The summed E-state index contributed by atoms with van der Waals surface area (Å²) in [6, 6.07) is 1.68. The van der Waals surface area contributed by atoms with E-state index in [1.54, 1.807) is 4.72 Å². The maximum absolute atomic E-state index is 13.0. The van der Waals surface area contributed by atoms with E-state index in [-0.39, 0.29) is 5.02 Å². The highest BCUT2D eigenvalue weighted by atomic mass is 35.5. The molecule has 0 atom stereocenters. The van der Waals surface area contributed by atoms with Gasteiger partial charge in [-0.25, -0.2) is 17.2 Å². The van der Waals surface area contributed by atoms with Gasteiger partial charge in [-0.3, -0.25) is 4.72 Å². The number of halogens is 4. The summed E-state index contributed by atoms with van der Waals surface area (Å²) in [6.07, 6.45) is 0. The largest absolute Gasteiger partial charge is 0.279 e. The molecule has 0 bridgehead atoms. The first kappa shape index (κ1) is 12.5. The van der Waals surface area contributed by atoms with Gasteiger partial charge in [-0.2, -0.15) is 0 Å². The number of anilines is 1. The molecule has 0 aliphatic carbocycles. The van der Waals surface area contributed by atoms with E-state index in [0.29, 0.717) is 0 Å². The summed E-state index contributed by atoms with van der Waals surface area (Å²) in [4.78, 5) is 0. The number of sulfonamides is 1. The average Bonchev–Trinajstić information content (AvgIpc) is 2.13. The zero-order valence-electron chi connectivity index (χ0n) is 7.10. The molecule has 0 radical (unpaired) electrons. The first-order valence-corrected chi connectivity index (χ1v) is 6.13. The Labute approximate surface area is 95.0 Å². The van der Waals surface area contributed by atoms with Crippen LogP contribution in [-0.2, 0) is 10.0 Å². The smallest absolute Gasteiger partial charge is 0.246 e. The molecule has 1 aromatic rings. The Balaban J connectivity index is 3.16. The van der Waals surface area contributed by atoms with Crippen LogP contribution in [0, 0.1) is 11.6 Å². The van der Waals surface area contributed by atoms with E-state index >= 15 is 0 Å². The lowest BCUT2D eigenvalue weighted by Crippen LogP contribution is -2.14. The highest BCUT2D eigenvalue weighted by Gasteiger charge is 2.15. The lowest BCUT2D eigenvalue weighted by atomic mass is 10.3. The number of benzene rings is 1. The van der Waals surface area contributed by atoms with Gasteiger partial charge in [0.2, 0.25) is 10.0 Å². The maximum Gasteiger partial charge on any atom is 0.246 e. The SMILES string of the molecule is O=S(=O)(CCl)Nc1cc(Cl)cc(F)c1F. The lowest BCUT2D eigenvalue weighted by molar-refractivity contribution is 0.511. The fourth-order valence-electron chi connectivity index (χ4n) is 0.825. The summed E-state index contributed by atoms with van der Waals surface area (Å²) in [5.41, 5.74) is -0.569. The third kappa shape index (κ3) is 3.19. The molecule has 0 aliphatic heterocycles. The second-order valence-corrected chi connectivity index (χ2v) is 5.32. The number of hydrogen-bond donors (Lipinski definition) is 1. The third-order valence-corrected chi connectivity index (χ3v) is 3.30. The molecule has 0 heterocycles. The topological polar surface area (TPSA) is 46.2 Å². The Morgan fingerprint density at radius 2 is 1.93 bits per heavy atom. The van der Waals surface area contributed by atoms with Crippen LogP contribution >= 0.6 is 23.2 Å². The predicted octanol–water partition coefficient (Wildman–Crippen LogP) is 2.56. The molecule has 0 unspecified atom stereocenters. The fourth-order valence-corrected chi connectivity index (χ4v) is 1.73. The van der Waals surface area contributed by atoms with Gasteiger partial charge in [0, 0.05) is 5.02 Å². The van der Waals surface area contributed by atoms with Gasteiger partial charge in [0.15, 0.2) is 11.6 Å². The van der Waals surface area contributed by atoms with Gasteiger partial charge in [0.25, 0.3) is 0 Å². The normalized spacial score (nSPS) is 11.5. The maximum atomic E-state index is 13.0. The monoisotopic (exact) mass is 275 g/mol. The predicted molar refractivity (Wildman–Crippen MR) is 54.6 cm³/mol. The van der Waals surface area contributed by atoms with Gasteiger partial charge in [-0.05, 0) is 12.1 Å². The minimum Gasteiger partial charge on any atom is -0.279 e. The van der Waals surface area contributed by atoms with Crippen molar-refractivity contribution < 1.29 is 17.2 Å². The average molecular weight is 276 g/mol. The number of nitrogens with one attached hydrogen (secondary N) is 1. The third-order valence-electron chi connectivity index (χ3n) is 1.40. The molecule has 84 valence electrons. The standard InChI is InChI=1S/C7H5Cl2F2NO2S/c8-3-15(13,14)12-6-2-4(9)1-5(10)7(6)11/h1-2,12H,3H2. The molecule has 3 nitrogen and oxygen atoms in total. The second-order valence-electron chi connectivity index (χ2n) is 2.58. The number of alkyl halides is 1. The van der Waals surface area contributed by atoms with Crippen molar-refractivity contribution in [2.24, 2.45) is 0 Å². The van der Waals surface area contributed by atoms with Crippen LogP contribution < -0.4 is 4.72 Å². The van der Waals surface area contributed by atoms with Crippen LogP contribution in [-0.4, -0.2) is 13.6 Å². The Bertz CT molecular complexity index is 478. The summed E-state index contributed by atoms with van der Waals surface area (Å²) in [6.45, 7) is 0. The van der Waals surface area contributed by atoms with E-state index in [4.69, 9.17) is 23.2 Å². The van der Waals surface area contributed by atoms with Crippen molar-refractivity contribution in [1.29, 1.82) is 0 Å². The van der Waals surface area contributed by atoms with Crippen molar-refractivity contribution in [3.05, 3.63) is 28.8 Å². The fraction of sp³-hybridized carbons (Fsp3) is 0.143. The van der Waals surface area contributed by atoms with Crippen LogP contribution in [0.5, 0.6) is 0 Å². The Kier molecular flexibility index (Phi) is 3.75. The number of rotatable bonds is 3. The Morgan fingerprint density at radius 1 is 1.33 bits per heavy atom. The molecule has 0 amide bonds. The van der Waals surface area contributed by atoms with Gasteiger partial charge in [0.05, 0.1) is 5.69 Å². The lowest BCUT2D eigenvalue weighted by Gasteiger charge is -2.07. The van der Waals surface area contributed by atoms with Crippen LogP contribution in [0.1, 0.15) is 0 Å². The summed E-state index contributed by atoms with van der Waals surface area (Å²) in [5, 5.41) is -0.887. The molecule has 0 saturated carbocycles. The van der Waals surface area contributed by atoms with Crippen molar-refractivity contribution in [1.82, 2.24) is 0 Å². The number of hydrogen-bond acceptors (Lipinski definition) is 2. The molecule has 0 aliphatic rings. The summed E-state index contributed by atoms with van der Waals surface area (Å²) >= 11 is 10.5. The quantitative estimate of drug-likeness (QED) is 0.681. The zero-order chi connectivity index (χ0) is 11.6. The molecule has 1 aromatic carbocycles. The first-order chi connectivity index (χ1) is 6.85. The van der Waals surface area contributed by atoms with Gasteiger partial charge in [0.1, 0.15) is 5.21 Å². The molecule has 0 saturated heterocycles. The van der Waals surface area contributed by atoms with E-state index in [1.807, 2.05) is 0 Å². The van der Waals surface area contributed by atoms with Crippen LogP contribution in [0.15, 0.2) is 12.1 Å². The van der Waals surface area contributed by atoms with E-state index < -0.39 is 32.6 Å². The second kappa shape index (κ2) is 4.51. The summed E-state index contributed by atoms with van der Waals surface area (Å²) in [5.74, 6) is -2.57. The molecule has 0 fully saturated rings. The zero-order valence-corrected chi connectivity index (χ0v) is 9.43. The van der Waals surface area contributed by atoms with E-state index in [2.05, 4.69) is 0 Å². The molecule has 8 heteroatoms. The van der Waals surface area contributed by atoms with Crippen molar-refractivity contribution >= 4 is 38.9 Å². The van der Waals surface area contributed by atoms with Gasteiger partial charge in [-0.15, -0.1) is 11.6 Å². The summed E-state index contributed by atoms with van der Waals surface area (Å²) in [7, 11) is -3.88. The van der Waals surface area contributed by atoms with Crippen LogP contribution in [0.25, 0.3) is 0 Å². The Hall–Kier alpha value is -0.590. The van der Waals surface area contributed by atoms with Gasteiger partial charge in [-0.1, -0.05) is 11.6 Å². The molecule has 15 heavy (non-hydrogen) atoms. The van der Waals surface area contributed by atoms with Crippen molar-refractivity contribution in [3.8, 4) is 0 Å². The minimum atomic E-state index is -3.88. The van der Waals surface area contributed by atoms with Crippen LogP contribution in [0.2, 0.25) is 5.02 Å². The van der Waals surface area contributed by atoms with E-state index in [0.717, 1.165) is 12.1 Å². The van der Waals surface area contributed by atoms with Crippen molar-refractivity contribution in [2.45, 2.75) is 0 Å². The Morgan fingerprint density at radius 3 is 2.47 bits per heavy atom. The molecule has 0 spiro atoms. The molecular formula is C7H5Cl2F2NO2S. The van der Waals surface area contributed by atoms with Crippen molar-refractivity contribution in [2.75, 3.05) is 9.93 Å². The minimum absolute atomic E-state index is 0.124. The van der Waals surface area contributed by atoms with Crippen molar-refractivity contribution in [3.63, 3.8) is 0 Å². The highest BCUT2D eigenvalue weighted by molar-refractivity contribution is 7.93. The van der Waals surface area contributed by atoms with E-state index in [9.17, 15) is 17.2 Å². The molecular weight excluding hydrogens is 271 g/mol.